The molecule has 138 valence electrons. The molecule has 0 aliphatic carbocycles. The van der Waals surface area contributed by atoms with Gasteiger partial charge < -0.3 is 4.90 Å². The first kappa shape index (κ1) is 17.3. The van der Waals surface area contributed by atoms with Crippen LogP contribution in [0.2, 0.25) is 0 Å². The van der Waals surface area contributed by atoms with E-state index in [1.165, 1.54) is 5.56 Å². The number of carbonyl (C=O) groups is 1. The maximum absolute atomic E-state index is 12.9. The lowest BCUT2D eigenvalue weighted by Crippen LogP contribution is -2.33. The van der Waals surface area contributed by atoms with E-state index in [1.807, 2.05) is 11.0 Å². The first-order valence-corrected chi connectivity index (χ1v) is 9.20. The summed E-state index contributed by atoms with van der Waals surface area (Å²) in [4.78, 5) is 19.2. The first-order chi connectivity index (χ1) is 13.2. The number of aromatic amines is 1. The highest BCUT2D eigenvalue weighted by atomic mass is 16.2. The second-order valence-electron chi connectivity index (χ2n) is 7.24. The van der Waals surface area contributed by atoms with Crippen molar-refractivity contribution in [3.8, 4) is 11.4 Å². The predicted molar refractivity (Wildman–Crippen MR) is 101 cm³/mol. The quantitative estimate of drug-likeness (QED) is 0.774. The number of pyridine rings is 1. The smallest absolute Gasteiger partial charge is 0.272 e. The molecule has 1 amide bonds. The van der Waals surface area contributed by atoms with Crippen LogP contribution >= 0.6 is 0 Å². The zero-order valence-corrected chi connectivity index (χ0v) is 15.3. The van der Waals surface area contributed by atoms with Crippen LogP contribution in [0.3, 0.4) is 0 Å². The lowest BCUT2D eigenvalue weighted by Gasteiger charge is -2.29. The Bertz CT molecular complexity index is 894. The van der Waals surface area contributed by atoms with Gasteiger partial charge in [-0.3, -0.25) is 9.78 Å². The number of benzene rings is 1. The summed E-state index contributed by atoms with van der Waals surface area (Å²) in [6, 6.07) is 14.1. The van der Waals surface area contributed by atoms with Gasteiger partial charge in [0.05, 0.1) is 0 Å². The maximum Gasteiger partial charge on any atom is 0.272 e. The lowest BCUT2D eigenvalue weighted by molar-refractivity contribution is 0.0753. The fourth-order valence-electron chi connectivity index (χ4n) is 3.71. The molecule has 0 bridgehead atoms. The highest BCUT2D eigenvalue weighted by Crippen LogP contribution is 2.35. The number of amides is 1. The third-order valence-electron chi connectivity index (χ3n) is 5.43. The Hall–Kier alpha value is -3.09. The van der Waals surface area contributed by atoms with E-state index < -0.39 is 0 Å². The van der Waals surface area contributed by atoms with E-state index in [9.17, 15) is 4.79 Å². The van der Waals surface area contributed by atoms with Crippen molar-refractivity contribution >= 4 is 5.91 Å². The number of hydrogen-bond donors (Lipinski definition) is 1. The van der Waals surface area contributed by atoms with Crippen LogP contribution < -0.4 is 0 Å². The summed E-state index contributed by atoms with van der Waals surface area (Å²) in [6.07, 6.45) is 4.62. The summed E-state index contributed by atoms with van der Waals surface area (Å²) in [5.41, 5.74) is 2.63. The van der Waals surface area contributed by atoms with Crippen LogP contribution in [0.4, 0.5) is 0 Å². The van der Waals surface area contributed by atoms with Crippen LogP contribution in [-0.2, 0) is 5.41 Å². The van der Waals surface area contributed by atoms with E-state index in [0.717, 1.165) is 37.9 Å². The molecule has 0 spiro atoms. The van der Waals surface area contributed by atoms with Crippen molar-refractivity contribution in [2.24, 2.45) is 0 Å². The van der Waals surface area contributed by atoms with Crippen molar-refractivity contribution < 1.29 is 4.79 Å². The van der Waals surface area contributed by atoms with Crippen LogP contribution in [0.1, 0.15) is 42.2 Å². The fraction of sp³-hybridized carbons (Fsp3) is 0.350. The maximum atomic E-state index is 12.9. The van der Waals surface area contributed by atoms with Gasteiger partial charge in [0.15, 0.2) is 0 Å². The average molecular weight is 362 g/mol. The summed E-state index contributed by atoms with van der Waals surface area (Å²) in [7, 11) is 0. The number of nitrogens with one attached hydrogen (secondary N) is 1. The molecule has 1 saturated heterocycles. The van der Waals surface area contributed by atoms with Crippen LogP contribution in [0, 0.1) is 0 Å². The monoisotopic (exact) mass is 362 g/mol. The second kappa shape index (κ2) is 7.26. The molecule has 0 saturated carbocycles. The predicted octanol–water partition coefficient (Wildman–Crippen LogP) is 2.85. The van der Waals surface area contributed by atoms with Gasteiger partial charge in [0.25, 0.3) is 5.91 Å². The normalized spacial score (nSPS) is 20.3. The fourth-order valence-corrected chi connectivity index (χ4v) is 3.71. The van der Waals surface area contributed by atoms with Gasteiger partial charge in [-0.25, -0.2) is 0 Å². The van der Waals surface area contributed by atoms with Gasteiger partial charge in [-0.1, -0.05) is 37.3 Å². The number of hydrogen-bond acceptors (Lipinski definition) is 5. The molecule has 1 aliphatic heterocycles. The van der Waals surface area contributed by atoms with Crippen molar-refractivity contribution in [3.63, 3.8) is 0 Å². The highest BCUT2D eigenvalue weighted by molar-refractivity contribution is 5.92. The van der Waals surface area contributed by atoms with Gasteiger partial charge in [0.2, 0.25) is 5.82 Å². The molecule has 7 heteroatoms. The van der Waals surface area contributed by atoms with Gasteiger partial charge in [0.1, 0.15) is 5.69 Å². The van der Waals surface area contributed by atoms with Gasteiger partial charge >= 0.3 is 0 Å². The van der Waals surface area contributed by atoms with Crippen LogP contribution in [0.5, 0.6) is 0 Å². The van der Waals surface area contributed by atoms with Crippen LogP contribution in [0.15, 0.2) is 48.7 Å². The van der Waals surface area contributed by atoms with E-state index in [-0.39, 0.29) is 11.3 Å². The summed E-state index contributed by atoms with van der Waals surface area (Å²) >= 11 is 0. The molecule has 27 heavy (non-hydrogen) atoms. The molecule has 4 rings (SSSR count). The standard InChI is InChI=1S/C20H22N6O/c1-20(16-6-3-2-4-7-16)10-5-12-26(13-11-20)19(27)17-9-8-15(14-21-17)18-22-24-25-23-18/h2-4,6-9,14H,5,10-13H2,1H3,(H,22,23,24,25). The van der Waals surface area contributed by atoms with Gasteiger partial charge in [0, 0.05) is 24.8 Å². The lowest BCUT2D eigenvalue weighted by atomic mass is 9.76. The van der Waals surface area contributed by atoms with Gasteiger partial charge in [-0.2, -0.15) is 5.21 Å². The molecule has 0 radical (unpaired) electrons. The van der Waals surface area contributed by atoms with Gasteiger partial charge in [-0.15, -0.1) is 10.2 Å². The van der Waals surface area contributed by atoms with Crippen molar-refractivity contribution in [1.82, 2.24) is 30.5 Å². The van der Waals surface area contributed by atoms with Crippen LogP contribution in [-0.4, -0.2) is 49.5 Å². The molecule has 2 aromatic heterocycles. The van der Waals surface area contributed by atoms with E-state index in [1.54, 1.807) is 18.3 Å². The number of rotatable bonds is 3. The Labute approximate surface area is 157 Å². The Morgan fingerprint density at radius 2 is 1.96 bits per heavy atom. The summed E-state index contributed by atoms with van der Waals surface area (Å²) in [6.45, 7) is 3.79. The number of likely N-dealkylation sites (tertiary alicyclic amines) is 1. The summed E-state index contributed by atoms with van der Waals surface area (Å²) < 4.78 is 0. The molecule has 1 fully saturated rings. The Morgan fingerprint density at radius 1 is 1.11 bits per heavy atom. The van der Waals surface area contributed by atoms with E-state index >= 15 is 0 Å². The third kappa shape index (κ3) is 3.58. The summed E-state index contributed by atoms with van der Waals surface area (Å²) in [5.74, 6) is 0.446. The van der Waals surface area contributed by atoms with Crippen molar-refractivity contribution in [3.05, 3.63) is 59.9 Å². The SMILES string of the molecule is CC1(c2ccccc2)CCCN(C(=O)c2ccc(-c3nn[nH]n3)cn2)CC1. The number of tetrazole rings is 1. The largest absolute Gasteiger partial charge is 0.337 e. The zero-order chi connectivity index (χ0) is 18.7. The van der Waals surface area contributed by atoms with E-state index in [4.69, 9.17) is 0 Å². The molecule has 1 unspecified atom stereocenters. The molecule has 7 nitrogen and oxygen atoms in total. The highest BCUT2D eigenvalue weighted by Gasteiger charge is 2.31. The topological polar surface area (TPSA) is 87.7 Å². The van der Waals surface area contributed by atoms with Crippen molar-refractivity contribution in [2.45, 2.75) is 31.6 Å². The minimum Gasteiger partial charge on any atom is -0.337 e. The number of nitrogens with zero attached hydrogens (tertiary/aromatic N) is 5. The molecule has 1 aromatic carbocycles. The second-order valence-corrected chi connectivity index (χ2v) is 7.24. The van der Waals surface area contributed by atoms with Crippen molar-refractivity contribution in [1.29, 1.82) is 0 Å². The zero-order valence-electron chi connectivity index (χ0n) is 15.3. The van der Waals surface area contributed by atoms with E-state index in [2.05, 4.69) is 56.8 Å². The van der Waals surface area contributed by atoms with E-state index in [0.29, 0.717) is 11.5 Å². The third-order valence-corrected chi connectivity index (χ3v) is 5.43. The molecule has 1 N–H and O–H groups in total. The van der Waals surface area contributed by atoms with Gasteiger partial charge in [-0.05, 0) is 47.6 Å². The number of aromatic nitrogens is 5. The molecule has 3 heterocycles. The minimum atomic E-state index is -0.0213. The molecular formula is C20H22N6O. The molecule has 1 aliphatic rings. The first-order valence-electron chi connectivity index (χ1n) is 9.20. The number of H-pyrrole nitrogens is 1. The minimum absolute atomic E-state index is 0.0213. The Balaban J connectivity index is 1.47. The Morgan fingerprint density at radius 3 is 2.67 bits per heavy atom. The Kier molecular flexibility index (Phi) is 4.66. The van der Waals surface area contributed by atoms with Crippen molar-refractivity contribution in [2.75, 3.05) is 13.1 Å². The van der Waals surface area contributed by atoms with Crippen LogP contribution in [0.25, 0.3) is 11.4 Å². The molecule has 3 aromatic rings. The molecule has 1 atom stereocenters. The number of carbonyl (C=O) groups excluding carboxylic acids is 1. The average Bonchev–Trinajstić information content (AvgIpc) is 3.18. The molecular weight excluding hydrogens is 340 g/mol. The summed E-state index contributed by atoms with van der Waals surface area (Å²) in [5, 5.41) is 13.8.